The second kappa shape index (κ2) is 9.22. The van der Waals surface area contributed by atoms with E-state index in [4.69, 9.17) is 23.2 Å². The second-order valence-corrected chi connectivity index (χ2v) is 6.79. The van der Waals surface area contributed by atoms with Crippen LogP contribution in [0.2, 0.25) is 10.0 Å². The summed E-state index contributed by atoms with van der Waals surface area (Å²) in [4.78, 5) is 24.5. The van der Waals surface area contributed by atoms with Crippen LogP contribution in [-0.4, -0.2) is 11.8 Å². The van der Waals surface area contributed by atoms with E-state index in [0.717, 1.165) is 5.56 Å². The predicted octanol–water partition coefficient (Wildman–Crippen LogP) is 5.90. The third kappa shape index (κ3) is 5.71. The lowest BCUT2D eigenvalue weighted by atomic mass is 10.1. The van der Waals surface area contributed by atoms with Gasteiger partial charge >= 0.3 is 0 Å². The Hall–Kier alpha value is -3.08. The number of carbonyl (C=O) groups is 2. The van der Waals surface area contributed by atoms with Gasteiger partial charge in [-0.2, -0.15) is 0 Å². The highest BCUT2D eigenvalue weighted by molar-refractivity contribution is 6.31. The molecule has 140 valence electrons. The lowest BCUT2D eigenvalue weighted by Crippen LogP contribution is -2.13. The number of carbonyl (C=O) groups excluding carboxylic acids is 2. The van der Waals surface area contributed by atoms with Crippen LogP contribution in [0.15, 0.2) is 78.9 Å². The summed E-state index contributed by atoms with van der Waals surface area (Å²) >= 11 is 11.8. The zero-order valence-corrected chi connectivity index (χ0v) is 16.2. The number of benzene rings is 3. The first kappa shape index (κ1) is 19.7. The summed E-state index contributed by atoms with van der Waals surface area (Å²) in [5.74, 6) is -0.600. The minimum Gasteiger partial charge on any atom is -0.322 e. The average Bonchev–Trinajstić information content (AvgIpc) is 2.68. The molecule has 4 nitrogen and oxygen atoms in total. The van der Waals surface area contributed by atoms with Gasteiger partial charge in [-0.1, -0.05) is 47.5 Å². The molecule has 0 saturated carbocycles. The van der Waals surface area contributed by atoms with Crippen molar-refractivity contribution >= 4 is 52.5 Å². The van der Waals surface area contributed by atoms with Crippen molar-refractivity contribution < 1.29 is 9.59 Å². The molecule has 0 heterocycles. The highest BCUT2D eigenvalue weighted by Crippen LogP contribution is 2.17. The molecule has 0 bridgehead atoms. The average molecular weight is 411 g/mol. The first-order chi connectivity index (χ1) is 13.5. The largest absolute Gasteiger partial charge is 0.322 e. The zero-order valence-electron chi connectivity index (χ0n) is 14.7. The third-order valence-electron chi connectivity index (χ3n) is 3.77. The molecule has 28 heavy (non-hydrogen) atoms. The summed E-state index contributed by atoms with van der Waals surface area (Å²) in [5.41, 5.74) is 2.39. The number of amides is 2. The molecule has 0 aliphatic heterocycles. The van der Waals surface area contributed by atoms with Crippen LogP contribution in [0.25, 0.3) is 6.08 Å². The summed E-state index contributed by atoms with van der Waals surface area (Å²) in [6, 6.07) is 20.7. The van der Waals surface area contributed by atoms with E-state index in [-0.39, 0.29) is 11.8 Å². The summed E-state index contributed by atoms with van der Waals surface area (Å²) in [6.45, 7) is 0. The maximum Gasteiger partial charge on any atom is 0.255 e. The number of halogens is 2. The van der Waals surface area contributed by atoms with E-state index >= 15 is 0 Å². The molecule has 0 aliphatic carbocycles. The first-order valence-electron chi connectivity index (χ1n) is 8.41. The van der Waals surface area contributed by atoms with Crippen molar-refractivity contribution in [2.75, 3.05) is 10.6 Å². The fraction of sp³-hybridized carbons (Fsp3) is 0. The molecule has 3 aromatic rings. The van der Waals surface area contributed by atoms with E-state index in [9.17, 15) is 9.59 Å². The van der Waals surface area contributed by atoms with Crippen LogP contribution in [0, 0.1) is 0 Å². The van der Waals surface area contributed by atoms with Crippen LogP contribution in [0.3, 0.4) is 0 Å². The van der Waals surface area contributed by atoms with Gasteiger partial charge in [0, 0.05) is 33.1 Å². The van der Waals surface area contributed by atoms with Crippen molar-refractivity contribution in [1.29, 1.82) is 0 Å². The number of rotatable bonds is 5. The maximum atomic E-state index is 12.4. The van der Waals surface area contributed by atoms with Gasteiger partial charge in [0.2, 0.25) is 5.91 Å². The van der Waals surface area contributed by atoms with Crippen molar-refractivity contribution in [2.24, 2.45) is 0 Å². The number of anilines is 2. The van der Waals surface area contributed by atoms with E-state index in [1.165, 1.54) is 6.08 Å². The Balaban J connectivity index is 1.64. The fourth-order valence-electron chi connectivity index (χ4n) is 2.44. The van der Waals surface area contributed by atoms with Crippen LogP contribution in [0.1, 0.15) is 15.9 Å². The first-order valence-corrected chi connectivity index (χ1v) is 9.17. The Morgan fingerprint density at radius 3 is 2.14 bits per heavy atom. The minimum absolute atomic E-state index is 0.296. The zero-order chi connectivity index (χ0) is 19.9. The molecular weight excluding hydrogens is 395 g/mol. The van der Waals surface area contributed by atoms with E-state index < -0.39 is 0 Å². The van der Waals surface area contributed by atoms with Gasteiger partial charge in [-0.05, 0) is 60.2 Å². The van der Waals surface area contributed by atoms with Crippen molar-refractivity contribution in [2.45, 2.75) is 0 Å². The normalized spacial score (nSPS) is 10.6. The topological polar surface area (TPSA) is 58.2 Å². The van der Waals surface area contributed by atoms with Gasteiger partial charge in [-0.15, -0.1) is 0 Å². The van der Waals surface area contributed by atoms with Crippen molar-refractivity contribution in [3.05, 3.63) is 100 Å². The van der Waals surface area contributed by atoms with E-state index in [1.807, 2.05) is 12.1 Å². The maximum absolute atomic E-state index is 12.4. The van der Waals surface area contributed by atoms with Crippen LogP contribution >= 0.6 is 23.2 Å². The molecule has 2 N–H and O–H groups in total. The van der Waals surface area contributed by atoms with Crippen molar-refractivity contribution in [1.82, 2.24) is 0 Å². The molecule has 2 amide bonds. The van der Waals surface area contributed by atoms with Gasteiger partial charge in [-0.3, -0.25) is 9.59 Å². The number of hydrogen-bond acceptors (Lipinski definition) is 2. The Morgan fingerprint density at radius 1 is 0.750 bits per heavy atom. The molecule has 3 aromatic carbocycles. The molecule has 6 heteroatoms. The fourth-order valence-corrected chi connectivity index (χ4v) is 2.75. The lowest BCUT2D eigenvalue weighted by Gasteiger charge is -2.08. The van der Waals surface area contributed by atoms with Crippen LogP contribution in [-0.2, 0) is 4.79 Å². The monoisotopic (exact) mass is 410 g/mol. The Morgan fingerprint density at radius 2 is 1.43 bits per heavy atom. The molecule has 0 aliphatic rings. The molecule has 0 atom stereocenters. The van der Waals surface area contributed by atoms with Crippen LogP contribution < -0.4 is 10.6 Å². The Kier molecular flexibility index (Phi) is 6.48. The molecule has 0 spiro atoms. The predicted molar refractivity (Wildman–Crippen MR) is 115 cm³/mol. The van der Waals surface area contributed by atoms with E-state index in [2.05, 4.69) is 10.6 Å². The molecule has 0 aromatic heterocycles. The van der Waals surface area contributed by atoms with Gasteiger partial charge in [0.25, 0.3) is 5.91 Å². The number of nitrogens with one attached hydrogen (secondary N) is 2. The molecule has 0 radical (unpaired) electrons. The second-order valence-electron chi connectivity index (χ2n) is 5.92. The van der Waals surface area contributed by atoms with Gasteiger partial charge in [0.05, 0.1) is 0 Å². The smallest absolute Gasteiger partial charge is 0.255 e. The highest BCUT2D eigenvalue weighted by Gasteiger charge is 2.08. The quantitative estimate of drug-likeness (QED) is 0.514. The standard InChI is InChI=1S/C22H16Cl2N2O2/c23-17-10-7-15(8-11-17)9-12-21(27)25-19-5-1-3-16(13-19)22(28)26-20-6-2-4-18(24)14-20/h1-14H,(H,25,27)(H,26,28)/b12-9+. The third-order valence-corrected chi connectivity index (χ3v) is 4.26. The SMILES string of the molecule is O=C(/C=C/c1ccc(Cl)cc1)Nc1cccc(C(=O)Nc2cccc(Cl)c2)c1. The number of hydrogen-bond donors (Lipinski definition) is 2. The Labute approximate surface area is 172 Å². The van der Waals surface area contributed by atoms with Gasteiger partial charge in [0.1, 0.15) is 0 Å². The minimum atomic E-state index is -0.303. The van der Waals surface area contributed by atoms with Crippen LogP contribution in [0.5, 0.6) is 0 Å². The van der Waals surface area contributed by atoms with Crippen molar-refractivity contribution in [3.63, 3.8) is 0 Å². The van der Waals surface area contributed by atoms with Crippen LogP contribution in [0.4, 0.5) is 11.4 Å². The Bertz CT molecular complexity index is 1030. The summed E-state index contributed by atoms with van der Waals surface area (Å²) < 4.78 is 0. The molecule has 0 saturated heterocycles. The van der Waals surface area contributed by atoms with Gasteiger partial charge < -0.3 is 10.6 Å². The van der Waals surface area contributed by atoms with Gasteiger partial charge in [0.15, 0.2) is 0 Å². The molecule has 3 rings (SSSR count). The summed E-state index contributed by atoms with van der Waals surface area (Å²) in [7, 11) is 0. The van der Waals surface area contributed by atoms with E-state index in [0.29, 0.717) is 27.0 Å². The lowest BCUT2D eigenvalue weighted by molar-refractivity contribution is -0.111. The summed E-state index contributed by atoms with van der Waals surface area (Å²) in [6.07, 6.45) is 3.10. The van der Waals surface area contributed by atoms with E-state index in [1.54, 1.807) is 66.7 Å². The van der Waals surface area contributed by atoms with Gasteiger partial charge in [-0.25, -0.2) is 0 Å². The molecule has 0 unspecified atom stereocenters. The molecule has 0 fully saturated rings. The summed E-state index contributed by atoms with van der Waals surface area (Å²) in [5, 5.41) is 6.68. The highest BCUT2D eigenvalue weighted by atomic mass is 35.5. The van der Waals surface area contributed by atoms with Crippen molar-refractivity contribution in [3.8, 4) is 0 Å². The molecular formula is C22H16Cl2N2O2.